The van der Waals surface area contributed by atoms with Gasteiger partial charge in [0.05, 0.1) is 5.69 Å². The van der Waals surface area contributed by atoms with Crippen molar-refractivity contribution in [2.24, 2.45) is 0 Å². The van der Waals surface area contributed by atoms with Crippen LogP contribution < -0.4 is 4.90 Å². The Labute approximate surface area is 123 Å². The Kier molecular flexibility index (Phi) is 2.74. The van der Waals surface area contributed by atoms with Crippen LogP contribution in [0, 0.1) is 0 Å². The van der Waals surface area contributed by atoms with E-state index in [-0.39, 0.29) is 5.78 Å². The van der Waals surface area contributed by atoms with Crippen LogP contribution in [0.2, 0.25) is 0 Å². The highest BCUT2D eigenvalue weighted by Gasteiger charge is 2.25. The first-order chi connectivity index (χ1) is 10.3. The van der Waals surface area contributed by atoms with E-state index in [4.69, 9.17) is 0 Å². The maximum atomic E-state index is 12.4. The zero-order chi connectivity index (χ0) is 14.2. The van der Waals surface area contributed by atoms with Crippen LogP contribution in [-0.2, 0) is 0 Å². The van der Waals surface area contributed by atoms with Crippen LogP contribution in [0.4, 0.5) is 11.4 Å². The Hall–Kier alpha value is -2.61. The molecule has 0 aliphatic carbocycles. The topological polar surface area (TPSA) is 20.3 Å². The summed E-state index contributed by atoms with van der Waals surface area (Å²) in [7, 11) is 0. The number of rotatable bonds is 1. The molecule has 21 heavy (non-hydrogen) atoms. The minimum Gasteiger partial charge on any atom is -0.340 e. The van der Waals surface area contributed by atoms with E-state index in [2.05, 4.69) is 35.2 Å². The van der Waals surface area contributed by atoms with Gasteiger partial charge in [0.25, 0.3) is 0 Å². The first-order valence-corrected chi connectivity index (χ1v) is 7.22. The molecule has 0 atom stereocenters. The number of para-hydroxylation sites is 1. The minimum absolute atomic E-state index is 0.244. The summed E-state index contributed by atoms with van der Waals surface area (Å²) in [5, 5.41) is 2.18. The van der Waals surface area contributed by atoms with E-state index in [1.165, 1.54) is 0 Å². The zero-order valence-electron chi connectivity index (χ0n) is 11.6. The fourth-order valence-electron chi connectivity index (χ4n) is 3.11. The lowest BCUT2D eigenvalue weighted by atomic mass is 9.93. The molecule has 1 aliphatic heterocycles. The van der Waals surface area contributed by atoms with Gasteiger partial charge in [0, 0.05) is 24.2 Å². The highest BCUT2D eigenvalue weighted by Crippen LogP contribution is 2.37. The quantitative estimate of drug-likeness (QED) is 0.647. The predicted molar refractivity (Wildman–Crippen MR) is 86.3 cm³/mol. The predicted octanol–water partition coefficient (Wildman–Crippen LogP) is 4.56. The smallest absolute Gasteiger partial charge is 0.167 e. The lowest BCUT2D eigenvalue weighted by molar-refractivity contribution is 0.0983. The maximum Gasteiger partial charge on any atom is 0.167 e. The average Bonchev–Trinajstić information content (AvgIpc) is 2.55. The number of Topliss-reactive ketones (excluding diaryl/α,β-unsaturated/α-hetero) is 1. The summed E-state index contributed by atoms with van der Waals surface area (Å²) in [5.41, 5.74) is 3.03. The van der Waals surface area contributed by atoms with Crippen molar-refractivity contribution in [1.29, 1.82) is 0 Å². The second-order valence-corrected chi connectivity index (χ2v) is 5.34. The normalized spacial score (nSPS) is 14.3. The third kappa shape index (κ3) is 1.91. The Morgan fingerprint density at radius 3 is 2.43 bits per heavy atom. The molecule has 4 rings (SSSR count). The number of hydrogen-bond acceptors (Lipinski definition) is 2. The molecule has 0 fully saturated rings. The van der Waals surface area contributed by atoms with E-state index >= 15 is 0 Å². The van der Waals surface area contributed by atoms with Crippen molar-refractivity contribution in [1.82, 2.24) is 0 Å². The molecule has 1 aliphatic rings. The van der Waals surface area contributed by atoms with E-state index in [1.807, 2.05) is 36.4 Å². The van der Waals surface area contributed by atoms with Gasteiger partial charge in [0.15, 0.2) is 5.78 Å². The Morgan fingerprint density at radius 1 is 0.810 bits per heavy atom. The first-order valence-electron chi connectivity index (χ1n) is 7.22. The van der Waals surface area contributed by atoms with Crippen molar-refractivity contribution in [2.45, 2.75) is 6.42 Å². The van der Waals surface area contributed by atoms with Gasteiger partial charge in [-0.2, -0.15) is 0 Å². The van der Waals surface area contributed by atoms with Crippen molar-refractivity contribution < 1.29 is 4.79 Å². The second-order valence-electron chi connectivity index (χ2n) is 5.34. The third-order valence-corrected chi connectivity index (χ3v) is 4.11. The van der Waals surface area contributed by atoms with Crippen LogP contribution in [0.15, 0.2) is 66.7 Å². The molecule has 3 aromatic carbocycles. The summed E-state index contributed by atoms with van der Waals surface area (Å²) in [5.74, 6) is 0.244. The van der Waals surface area contributed by atoms with E-state index in [0.29, 0.717) is 6.42 Å². The van der Waals surface area contributed by atoms with Crippen LogP contribution in [0.1, 0.15) is 16.8 Å². The van der Waals surface area contributed by atoms with Crippen molar-refractivity contribution in [3.63, 3.8) is 0 Å². The molecular formula is C19H15NO. The summed E-state index contributed by atoms with van der Waals surface area (Å²) in [4.78, 5) is 14.7. The molecule has 3 aromatic rings. The molecule has 0 N–H and O–H groups in total. The molecule has 0 amide bonds. The van der Waals surface area contributed by atoms with Gasteiger partial charge in [-0.05, 0) is 29.0 Å². The van der Waals surface area contributed by atoms with Crippen molar-refractivity contribution in [3.8, 4) is 0 Å². The molecule has 1 heterocycles. The van der Waals surface area contributed by atoms with Gasteiger partial charge in [-0.3, -0.25) is 4.79 Å². The molecular weight excluding hydrogens is 258 g/mol. The molecule has 2 nitrogen and oxygen atoms in total. The molecule has 0 unspecified atom stereocenters. The molecule has 0 radical (unpaired) electrons. The first kappa shape index (κ1) is 12.2. The van der Waals surface area contributed by atoms with Gasteiger partial charge >= 0.3 is 0 Å². The lowest BCUT2D eigenvalue weighted by Gasteiger charge is -2.31. The number of ketones is 1. The van der Waals surface area contributed by atoms with E-state index in [9.17, 15) is 4.79 Å². The molecule has 0 aromatic heterocycles. The minimum atomic E-state index is 0.244. The summed E-state index contributed by atoms with van der Waals surface area (Å²) in [6.45, 7) is 0.744. The largest absolute Gasteiger partial charge is 0.340 e. The van der Waals surface area contributed by atoms with E-state index in [0.717, 1.165) is 34.3 Å². The molecule has 0 saturated heterocycles. The highest BCUT2D eigenvalue weighted by molar-refractivity contribution is 6.14. The second kappa shape index (κ2) is 4.74. The van der Waals surface area contributed by atoms with Crippen LogP contribution in [0.25, 0.3) is 10.8 Å². The number of hydrogen-bond donors (Lipinski definition) is 0. The van der Waals surface area contributed by atoms with Crippen molar-refractivity contribution in [2.75, 3.05) is 11.4 Å². The van der Waals surface area contributed by atoms with Gasteiger partial charge in [-0.1, -0.05) is 48.5 Å². The number of carbonyl (C=O) groups is 1. The van der Waals surface area contributed by atoms with Crippen LogP contribution >= 0.6 is 0 Å². The van der Waals surface area contributed by atoms with Gasteiger partial charge in [-0.15, -0.1) is 0 Å². The summed E-state index contributed by atoms with van der Waals surface area (Å²) in [6, 6.07) is 22.5. The summed E-state index contributed by atoms with van der Waals surface area (Å²) in [6.07, 6.45) is 0.565. The monoisotopic (exact) mass is 273 g/mol. The summed E-state index contributed by atoms with van der Waals surface area (Å²) < 4.78 is 0. The van der Waals surface area contributed by atoms with Gasteiger partial charge in [0.2, 0.25) is 0 Å². The Balaban J connectivity index is 1.97. The van der Waals surface area contributed by atoms with Gasteiger partial charge in [-0.25, -0.2) is 0 Å². The molecule has 0 bridgehead atoms. The highest BCUT2D eigenvalue weighted by atomic mass is 16.1. The number of anilines is 2. The van der Waals surface area contributed by atoms with E-state index in [1.54, 1.807) is 0 Å². The van der Waals surface area contributed by atoms with Crippen molar-refractivity contribution in [3.05, 3.63) is 72.3 Å². The number of nitrogens with zero attached hydrogens (tertiary/aromatic N) is 1. The fraction of sp³-hybridized carbons (Fsp3) is 0.105. The number of fused-ring (bicyclic) bond motifs is 3. The number of carbonyl (C=O) groups excluding carboxylic acids is 1. The average molecular weight is 273 g/mol. The fourth-order valence-corrected chi connectivity index (χ4v) is 3.11. The molecule has 2 heteroatoms. The standard InChI is InChI=1S/C19H15NO/c21-18-12-13-20(15-7-2-1-3-8-15)17-11-10-14-6-4-5-9-16(14)19(17)18/h1-11H,12-13H2. The van der Waals surface area contributed by atoms with Crippen molar-refractivity contribution >= 4 is 27.9 Å². The SMILES string of the molecule is O=C1CCN(c2ccccc2)c2ccc3ccccc3c21. The Bertz CT molecular complexity index is 823. The van der Waals surface area contributed by atoms with Gasteiger partial charge in [0.1, 0.15) is 0 Å². The van der Waals surface area contributed by atoms with Gasteiger partial charge < -0.3 is 4.90 Å². The van der Waals surface area contributed by atoms with Crippen LogP contribution in [-0.4, -0.2) is 12.3 Å². The molecule has 0 saturated carbocycles. The van der Waals surface area contributed by atoms with Crippen LogP contribution in [0.5, 0.6) is 0 Å². The summed E-state index contributed by atoms with van der Waals surface area (Å²) >= 11 is 0. The van der Waals surface area contributed by atoms with Crippen LogP contribution in [0.3, 0.4) is 0 Å². The van der Waals surface area contributed by atoms with E-state index < -0.39 is 0 Å². The third-order valence-electron chi connectivity index (χ3n) is 4.11. The maximum absolute atomic E-state index is 12.4. The Morgan fingerprint density at radius 2 is 1.57 bits per heavy atom. The lowest BCUT2D eigenvalue weighted by Crippen LogP contribution is -2.28. The molecule has 102 valence electrons. The number of benzene rings is 3. The zero-order valence-corrected chi connectivity index (χ0v) is 11.6. The molecule has 0 spiro atoms.